The largest absolute Gasteiger partial charge is 0.332 e. The summed E-state index contributed by atoms with van der Waals surface area (Å²) < 4.78 is 1.92. The van der Waals surface area contributed by atoms with Crippen molar-refractivity contribution >= 4 is 60.7 Å². The minimum absolute atomic E-state index is 0.0512. The highest BCUT2D eigenvalue weighted by Crippen LogP contribution is 2.30. The fraction of sp³-hybridized carbons (Fsp3) is 0.294. The highest BCUT2D eigenvalue weighted by molar-refractivity contribution is 9.11. The summed E-state index contributed by atoms with van der Waals surface area (Å²) in [6, 6.07) is 9.59. The number of hydrogen-bond acceptors (Lipinski definition) is 3. The predicted molar refractivity (Wildman–Crippen MR) is 104 cm³/mol. The number of aryl methyl sites for hydroxylation is 1. The molecule has 4 nitrogen and oxygen atoms in total. The van der Waals surface area contributed by atoms with Crippen LogP contribution in [0.1, 0.15) is 21.7 Å². The van der Waals surface area contributed by atoms with Crippen LogP contribution in [0.3, 0.4) is 0 Å². The maximum absolute atomic E-state index is 12.7. The summed E-state index contributed by atoms with van der Waals surface area (Å²) in [6.07, 6.45) is 1.90. The van der Waals surface area contributed by atoms with Gasteiger partial charge in [0.1, 0.15) is 6.54 Å². The topological polar surface area (TPSA) is 40.6 Å². The van der Waals surface area contributed by atoms with Crippen molar-refractivity contribution in [3.63, 3.8) is 0 Å². The third-order valence-corrected chi connectivity index (χ3v) is 6.07. The predicted octanol–water partition coefficient (Wildman–Crippen LogP) is 4.32. The van der Waals surface area contributed by atoms with Gasteiger partial charge < -0.3 is 9.80 Å². The molecule has 7 heteroatoms. The number of fused-ring (bicyclic) bond motifs is 1. The number of carbonyl (C=O) groups excluding carboxylic acids is 2. The Morgan fingerprint density at radius 3 is 2.75 bits per heavy atom. The zero-order chi connectivity index (χ0) is 17.3. The molecule has 1 aliphatic heterocycles. The molecule has 0 aliphatic carbocycles. The van der Waals surface area contributed by atoms with Crippen LogP contribution in [0.2, 0.25) is 0 Å². The molecule has 1 aromatic heterocycles. The van der Waals surface area contributed by atoms with Crippen LogP contribution >= 0.6 is 43.2 Å². The minimum Gasteiger partial charge on any atom is -0.332 e. The Morgan fingerprint density at radius 1 is 1.25 bits per heavy atom. The molecule has 24 heavy (non-hydrogen) atoms. The monoisotopic (exact) mass is 470 g/mol. The third kappa shape index (κ3) is 3.73. The van der Waals surface area contributed by atoms with E-state index in [2.05, 4.69) is 37.9 Å². The van der Waals surface area contributed by atoms with Gasteiger partial charge in [0.2, 0.25) is 5.91 Å². The Hall–Kier alpha value is -1.18. The number of hydrogen-bond donors (Lipinski definition) is 0. The van der Waals surface area contributed by atoms with Gasteiger partial charge in [-0.05, 0) is 64.7 Å². The van der Waals surface area contributed by atoms with E-state index in [4.69, 9.17) is 0 Å². The van der Waals surface area contributed by atoms with Crippen LogP contribution in [0, 0.1) is 0 Å². The van der Waals surface area contributed by atoms with Crippen LogP contribution in [0.25, 0.3) is 0 Å². The zero-order valence-corrected chi connectivity index (χ0v) is 17.1. The first-order valence-electron chi connectivity index (χ1n) is 7.55. The summed E-state index contributed by atoms with van der Waals surface area (Å²) >= 11 is 8.20. The first kappa shape index (κ1) is 17.6. The Bertz CT molecular complexity index is 791. The Morgan fingerprint density at radius 2 is 2.04 bits per heavy atom. The van der Waals surface area contributed by atoms with Gasteiger partial charge in [-0.3, -0.25) is 9.59 Å². The molecule has 1 aromatic carbocycles. The van der Waals surface area contributed by atoms with Crippen LogP contribution in [0.15, 0.2) is 38.6 Å². The first-order chi connectivity index (χ1) is 11.5. The van der Waals surface area contributed by atoms with E-state index in [9.17, 15) is 9.59 Å². The molecule has 0 bridgehead atoms. The first-order valence-corrected chi connectivity index (χ1v) is 9.95. The summed E-state index contributed by atoms with van der Waals surface area (Å²) in [7, 11) is 1.67. The number of carbonyl (C=O) groups is 2. The van der Waals surface area contributed by atoms with Gasteiger partial charge in [-0.1, -0.05) is 15.9 Å². The van der Waals surface area contributed by atoms with Gasteiger partial charge in [0, 0.05) is 23.8 Å². The number of rotatable bonds is 3. The van der Waals surface area contributed by atoms with Crippen LogP contribution in [-0.2, 0) is 11.2 Å². The fourth-order valence-corrected chi connectivity index (χ4v) is 4.59. The minimum atomic E-state index is -0.132. The number of anilines is 1. The summed E-state index contributed by atoms with van der Waals surface area (Å²) in [5.74, 6) is -0.183. The van der Waals surface area contributed by atoms with E-state index in [1.54, 1.807) is 18.0 Å². The van der Waals surface area contributed by atoms with Gasteiger partial charge in [-0.15, -0.1) is 11.3 Å². The van der Waals surface area contributed by atoms with Crippen molar-refractivity contribution < 1.29 is 9.59 Å². The molecule has 0 atom stereocenters. The zero-order valence-electron chi connectivity index (χ0n) is 13.1. The number of likely N-dealkylation sites (N-methyl/N-ethyl adjacent to an activating group) is 1. The number of benzene rings is 1. The lowest BCUT2D eigenvalue weighted by Gasteiger charge is -2.31. The molecule has 0 saturated carbocycles. The van der Waals surface area contributed by atoms with E-state index >= 15 is 0 Å². The second-order valence-corrected chi connectivity index (χ2v) is 9.07. The molecule has 2 amide bonds. The van der Waals surface area contributed by atoms with E-state index in [1.807, 2.05) is 18.2 Å². The van der Waals surface area contributed by atoms with E-state index in [0.29, 0.717) is 11.4 Å². The molecular formula is C17H16Br2N2O2S. The molecule has 0 fully saturated rings. The van der Waals surface area contributed by atoms with Crippen LogP contribution in [-0.4, -0.2) is 36.9 Å². The SMILES string of the molecule is CN(CC(=O)N1CCCc2cc(Br)ccc21)C(=O)c1ccc(Br)s1. The molecule has 0 unspecified atom stereocenters. The smallest absolute Gasteiger partial charge is 0.264 e. The third-order valence-electron chi connectivity index (χ3n) is 3.96. The van der Waals surface area contributed by atoms with Crippen molar-refractivity contribution in [3.05, 3.63) is 49.0 Å². The molecule has 0 spiro atoms. The maximum Gasteiger partial charge on any atom is 0.264 e. The normalized spacial score (nSPS) is 13.5. The van der Waals surface area contributed by atoms with E-state index in [0.717, 1.165) is 26.8 Å². The average molecular weight is 472 g/mol. The maximum atomic E-state index is 12.7. The molecule has 2 heterocycles. The van der Waals surface area contributed by atoms with Crippen molar-refractivity contribution in [1.29, 1.82) is 0 Å². The average Bonchev–Trinajstić information content (AvgIpc) is 2.99. The quantitative estimate of drug-likeness (QED) is 0.668. The van der Waals surface area contributed by atoms with E-state index < -0.39 is 0 Å². The van der Waals surface area contributed by atoms with Gasteiger partial charge in [0.15, 0.2) is 0 Å². The molecule has 126 valence electrons. The summed E-state index contributed by atoms with van der Waals surface area (Å²) in [4.78, 5) is 29.0. The van der Waals surface area contributed by atoms with E-state index in [1.165, 1.54) is 21.8 Å². The van der Waals surface area contributed by atoms with Crippen molar-refractivity contribution in [3.8, 4) is 0 Å². The van der Waals surface area contributed by atoms with Crippen LogP contribution in [0.5, 0.6) is 0 Å². The summed E-state index contributed by atoms with van der Waals surface area (Å²) in [6.45, 7) is 0.768. The lowest BCUT2D eigenvalue weighted by molar-refractivity contribution is -0.119. The lowest BCUT2D eigenvalue weighted by atomic mass is 10.0. The molecule has 0 saturated heterocycles. The summed E-state index contributed by atoms with van der Waals surface area (Å²) in [5.41, 5.74) is 2.12. The van der Waals surface area contributed by atoms with Gasteiger partial charge >= 0.3 is 0 Å². The van der Waals surface area contributed by atoms with Crippen molar-refractivity contribution in [2.45, 2.75) is 12.8 Å². The fourth-order valence-electron chi connectivity index (χ4n) is 2.80. The van der Waals surface area contributed by atoms with E-state index in [-0.39, 0.29) is 18.4 Å². The van der Waals surface area contributed by atoms with Gasteiger partial charge in [-0.25, -0.2) is 0 Å². The highest BCUT2D eigenvalue weighted by atomic mass is 79.9. The van der Waals surface area contributed by atoms with Gasteiger partial charge in [0.25, 0.3) is 5.91 Å². The molecule has 3 rings (SSSR count). The Kier molecular flexibility index (Phi) is 5.42. The molecular weight excluding hydrogens is 456 g/mol. The molecule has 0 radical (unpaired) electrons. The van der Waals surface area contributed by atoms with Gasteiger partial charge in [-0.2, -0.15) is 0 Å². The number of thiophene rings is 1. The second-order valence-electron chi connectivity index (χ2n) is 5.69. The number of halogens is 2. The molecule has 1 aliphatic rings. The standard InChI is InChI=1S/C17H16Br2N2O2S/c1-20(17(23)14-6-7-15(19)24-14)10-16(22)21-8-2-3-11-9-12(18)4-5-13(11)21/h4-7,9H,2-3,8,10H2,1H3. The Labute approximate surface area is 161 Å². The number of amides is 2. The van der Waals surface area contributed by atoms with Crippen molar-refractivity contribution in [2.75, 3.05) is 25.0 Å². The van der Waals surface area contributed by atoms with Crippen molar-refractivity contribution in [1.82, 2.24) is 4.90 Å². The highest BCUT2D eigenvalue weighted by Gasteiger charge is 2.25. The molecule has 0 N–H and O–H groups in total. The van der Waals surface area contributed by atoms with Crippen LogP contribution in [0.4, 0.5) is 5.69 Å². The summed E-state index contributed by atoms with van der Waals surface area (Å²) in [5, 5.41) is 0. The number of nitrogens with zero attached hydrogens (tertiary/aromatic N) is 2. The van der Waals surface area contributed by atoms with Gasteiger partial charge in [0.05, 0.1) is 8.66 Å². The molecule has 2 aromatic rings. The Balaban J connectivity index is 1.73. The van der Waals surface area contributed by atoms with Crippen molar-refractivity contribution in [2.24, 2.45) is 0 Å². The lowest BCUT2D eigenvalue weighted by Crippen LogP contribution is -2.43. The second kappa shape index (κ2) is 7.37. The van der Waals surface area contributed by atoms with Crippen LogP contribution < -0.4 is 4.90 Å².